The van der Waals surface area contributed by atoms with E-state index in [0.717, 1.165) is 30.4 Å². The summed E-state index contributed by atoms with van der Waals surface area (Å²) in [7, 11) is 0. The van der Waals surface area contributed by atoms with E-state index in [9.17, 15) is 8.78 Å². The zero-order valence-electron chi connectivity index (χ0n) is 15.0. The van der Waals surface area contributed by atoms with Crippen LogP contribution < -0.4 is 0 Å². The summed E-state index contributed by atoms with van der Waals surface area (Å²) in [6, 6.07) is 17.5. The SMILES string of the molecule is CCCCc1ccc(-c2ccc(-c3ccc(N=C=S)c(F)c3)c(F)c2)cc1. The number of rotatable bonds is 6. The smallest absolute Gasteiger partial charge is 0.150 e. The van der Waals surface area contributed by atoms with Crippen LogP contribution in [0.25, 0.3) is 22.3 Å². The van der Waals surface area contributed by atoms with Crippen molar-refractivity contribution >= 4 is 23.1 Å². The summed E-state index contributed by atoms with van der Waals surface area (Å²) in [5.74, 6) is -0.955. The van der Waals surface area contributed by atoms with Crippen molar-refractivity contribution in [2.45, 2.75) is 26.2 Å². The number of hydrogen-bond donors (Lipinski definition) is 0. The van der Waals surface area contributed by atoms with Gasteiger partial charge >= 0.3 is 0 Å². The molecule has 0 atom stereocenters. The molecule has 0 saturated carbocycles. The Morgan fingerprint density at radius 2 is 1.52 bits per heavy atom. The molecular weight excluding hydrogens is 360 g/mol. The molecule has 3 aromatic carbocycles. The van der Waals surface area contributed by atoms with E-state index in [1.165, 1.54) is 23.8 Å². The fourth-order valence-corrected chi connectivity index (χ4v) is 3.09. The second-order valence-electron chi connectivity index (χ2n) is 6.36. The number of aryl methyl sites for hydroxylation is 1. The molecule has 0 unspecified atom stereocenters. The number of aliphatic imine (C=N–C) groups is 1. The van der Waals surface area contributed by atoms with Gasteiger partial charge in [0.05, 0.1) is 5.16 Å². The van der Waals surface area contributed by atoms with E-state index in [4.69, 9.17) is 0 Å². The minimum Gasteiger partial charge on any atom is -0.206 e. The molecule has 1 nitrogen and oxygen atoms in total. The summed E-state index contributed by atoms with van der Waals surface area (Å²) in [6.07, 6.45) is 3.38. The van der Waals surface area contributed by atoms with Crippen molar-refractivity contribution in [1.82, 2.24) is 0 Å². The van der Waals surface area contributed by atoms with E-state index >= 15 is 0 Å². The average molecular weight is 379 g/mol. The largest absolute Gasteiger partial charge is 0.206 e. The lowest BCUT2D eigenvalue weighted by Crippen LogP contribution is -1.89. The molecule has 0 aliphatic carbocycles. The molecule has 3 aromatic rings. The van der Waals surface area contributed by atoms with Crippen LogP contribution in [0.15, 0.2) is 65.7 Å². The zero-order valence-corrected chi connectivity index (χ0v) is 15.8. The van der Waals surface area contributed by atoms with E-state index in [1.54, 1.807) is 12.1 Å². The maximum absolute atomic E-state index is 14.7. The van der Waals surface area contributed by atoms with E-state index in [1.807, 2.05) is 18.2 Å². The number of thiocarbonyl (C=S) groups is 1. The topological polar surface area (TPSA) is 12.4 Å². The summed E-state index contributed by atoms with van der Waals surface area (Å²) in [6.45, 7) is 2.17. The highest BCUT2D eigenvalue weighted by Gasteiger charge is 2.10. The van der Waals surface area contributed by atoms with Crippen LogP contribution in [0, 0.1) is 11.6 Å². The van der Waals surface area contributed by atoms with Crippen LogP contribution in [0.2, 0.25) is 0 Å². The maximum Gasteiger partial charge on any atom is 0.150 e. The van der Waals surface area contributed by atoms with Crippen LogP contribution in [0.3, 0.4) is 0 Å². The molecular formula is C23H19F2NS. The first-order valence-corrected chi connectivity index (χ1v) is 9.30. The van der Waals surface area contributed by atoms with Gasteiger partial charge in [0.15, 0.2) is 0 Å². The standard InChI is InChI=1S/C23H19F2NS/c1-2-3-4-16-5-7-17(8-6-16)18-9-11-20(21(24)13-18)19-10-12-23(26-15-27)22(25)14-19/h5-14H,2-4H2,1H3. The molecule has 0 amide bonds. The zero-order chi connectivity index (χ0) is 19.2. The number of halogens is 2. The van der Waals surface area contributed by atoms with E-state index in [2.05, 4.69) is 41.4 Å². The molecule has 0 heterocycles. The van der Waals surface area contributed by atoms with Gasteiger partial charge in [-0.15, -0.1) is 0 Å². The number of unbranched alkanes of at least 4 members (excludes halogenated alkanes) is 1. The fraction of sp³-hybridized carbons (Fsp3) is 0.174. The second kappa shape index (κ2) is 8.81. The van der Waals surface area contributed by atoms with Crippen molar-refractivity contribution in [2.75, 3.05) is 0 Å². The fourth-order valence-electron chi connectivity index (χ4n) is 2.99. The van der Waals surface area contributed by atoms with Crippen LogP contribution in [-0.4, -0.2) is 5.16 Å². The Labute approximate surface area is 163 Å². The molecule has 0 aliphatic rings. The molecule has 3 rings (SSSR count). The van der Waals surface area contributed by atoms with Crippen LogP contribution in [-0.2, 0) is 6.42 Å². The third kappa shape index (κ3) is 4.54. The minimum atomic E-state index is -0.559. The third-order valence-electron chi connectivity index (χ3n) is 4.50. The highest BCUT2D eigenvalue weighted by molar-refractivity contribution is 7.78. The van der Waals surface area contributed by atoms with Crippen LogP contribution in [0.4, 0.5) is 14.5 Å². The summed E-state index contributed by atoms with van der Waals surface area (Å²) in [5, 5.41) is 2.13. The van der Waals surface area contributed by atoms with Gasteiger partial charge in [-0.05, 0) is 65.5 Å². The van der Waals surface area contributed by atoms with E-state index < -0.39 is 11.6 Å². The van der Waals surface area contributed by atoms with E-state index in [-0.39, 0.29) is 5.69 Å². The van der Waals surface area contributed by atoms with Gasteiger partial charge < -0.3 is 0 Å². The Bertz CT molecular complexity index is 990. The summed E-state index contributed by atoms with van der Waals surface area (Å²) >= 11 is 4.49. The van der Waals surface area contributed by atoms with Gasteiger partial charge in [0.1, 0.15) is 17.3 Å². The first-order chi connectivity index (χ1) is 13.1. The van der Waals surface area contributed by atoms with Gasteiger partial charge in [-0.3, -0.25) is 0 Å². The van der Waals surface area contributed by atoms with Crippen LogP contribution in [0.1, 0.15) is 25.3 Å². The normalized spacial score (nSPS) is 10.5. The first kappa shape index (κ1) is 19.1. The molecule has 136 valence electrons. The molecule has 0 fully saturated rings. The highest BCUT2D eigenvalue weighted by Crippen LogP contribution is 2.30. The van der Waals surface area contributed by atoms with Crippen molar-refractivity contribution in [2.24, 2.45) is 4.99 Å². The summed E-state index contributed by atoms with van der Waals surface area (Å²) < 4.78 is 28.7. The van der Waals surface area contributed by atoms with Gasteiger partial charge in [-0.2, -0.15) is 4.99 Å². The lowest BCUT2D eigenvalue weighted by atomic mass is 9.98. The molecule has 0 N–H and O–H groups in total. The Morgan fingerprint density at radius 1 is 0.852 bits per heavy atom. The van der Waals surface area contributed by atoms with Gasteiger partial charge in [-0.1, -0.05) is 55.8 Å². The maximum atomic E-state index is 14.7. The second-order valence-corrected chi connectivity index (χ2v) is 6.55. The Morgan fingerprint density at radius 3 is 2.15 bits per heavy atom. The number of benzene rings is 3. The molecule has 27 heavy (non-hydrogen) atoms. The Balaban J connectivity index is 1.87. The Hall–Kier alpha value is -2.68. The Kier molecular flexibility index (Phi) is 6.23. The van der Waals surface area contributed by atoms with Crippen molar-refractivity contribution in [3.63, 3.8) is 0 Å². The highest BCUT2D eigenvalue weighted by atomic mass is 32.1. The van der Waals surface area contributed by atoms with Gasteiger partial charge in [-0.25, -0.2) is 8.78 Å². The number of nitrogens with zero attached hydrogens (tertiary/aromatic N) is 1. The molecule has 0 bridgehead atoms. The van der Waals surface area contributed by atoms with Crippen molar-refractivity contribution in [3.05, 3.63) is 77.9 Å². The van der Waals surface area contributed by atoms with Gasteiger partial charge in [0.25, 0.3) is 0 Å². The average Bonchev–Trinajstić information content (AvgIpc) is 2.68. The molecule has 0 aromatic heterocycles. The first-order valence-electron chi connectivity index (χ1n) is 8.89. The predicted molar refractivity (Wildman–Crippen MR) is 111 cm³/mol. The predicted octanol–water partition coefficient (Wildman–Crippen LogP) is 7.38. The van der Waals surface area contributed by atoms with Crippen molar-refractivity contribution in [1.29, 1.82) is 0 Å². The van der Waals surface area contributed by atoms with Gasteiger partial charge in [0, 0.05) is 5.56 Å². The summed E-state index contributed by atoms with van der Waals surface area (Å²) in [4.78, 5) is 3.64. The van der Waals surface area contributed by atoms with Crippen LogP contribution >= 0.6 is 12.2 Å². The van der Waals surface area contributed by atoms with Crippen molar-refractivity contribution in [3.8, 4) is 22.3 Å². The molecule has 0 aliphatic heterocycles. The lowest BCUT2D eigenvalue weighted by molar-refractivity contribution is 0.626. The summed E-state index contributed by atoms with van der Waals surface area (Å²) in [5.41, 5.74) is 3.92. The van der Waals surface area contributed by atoms with Crippen LogP contribution in [0.5, 0.6) is 0 Å². The van der Waals surface area contributed by atoms with Crippen molar-refractivity contribution < 1.29 is 8.78 Å². The number of hydrogen-bond acceptors (Lipinski definition) is 2. The quantitative estimate of drug-likeness (QED) is 0.321. The monoisotopic (exact) mass is 379 g/mol. The molecule has 0 saturated heterocycles. The number of isothiocyanates is 1. The molecule has 0 spiro atoms. The third-order valence-corrected chi connectivity index (χ3v) is 4.59. The lowest BCUT2D eigenvalue weighted by Gasteiger charge is -2.09. The van der Waals surface area contributed by atoms with Gasteiger partial charge in [0.2, 0.25) is 0 Å². The minimum absolute atomic E-state index is 0.0916. The molecule has 4 heteroatoms. The van der Waals surface area contributed by atoms with E-state index in [0.29, 0.717) is 11.1 Å². The molecule has 0 radical (unpaired) electrons.